The van der Waals surface area contributed by atoms with Crippen molar-refractivity contribution < 1.29 is 4.39 Å². The van der Waals surface area contributed by atoms with E-state index in [2.05, 4.69) is 12.2 Å². The molecule has 0 unspecified atom stereocenters. The second-order valence-electron chi connectivity index (χ2n) is 3.71. The van der Waals surface area contributed by atoms with Crippen molar-refractivity contribution in [1.82, 2.24) is 5.32 Å². The van der Waals surface area contributed by atoms with Crippen LogP contribution in [0.2, 0.25) is 0 Å². The Bertz CT molecular complexity index is 116. The first-order valence-corrected chi connectivity index (χ1v) is 5.22. The Balaban J connectivity index is 1.98. The SMILES string of the molecule is CCCCCN[C@@H]1CCC[C@H]1F. The van der Waals surface area contributed by atoms with Crippen LogP contribution in [0.25, 0.3) is 0 Å². The summed E-state index contributed by atoms with van der Waals surface area (Å²) in [5.74, 6) is 0. The molecule has 1 N–H and O–H groups in total. The number of nitrogens with one attached hydrogen (secondary N) is 1. The molecule has 0 aromatic carbocycles. The molecule has 0 bridgehead atoms. The number of alkyl halides is 1. The van der Waals surface area contributed by atoms with Crippen molar-refractivity contribution in [2.24, 2.45) is 0 Å². The van der Waals surface area contributed by atoms with Gasteiger partial charge in [0, 0.05) is 6.04 Å². The van der Waals surface area contributed by atoms with Crippen LogP contribution in [0.15, 0.2) is 0 Å². The van der Waals surface area contributed by atoms with Gasteiger partial charge in [0.05, 0.1) is 0 Å². The number of hydrogen-bond acceptors (Lipinski definition) is 1. The van der Waals surface area contributed by atoms with Crippen molar-refractivity contribution in [2.75, 3.05) is 6.54 Å². The molecular formula is C10H20FN. The predicted molar refractivity (Wildman–Crippen MR) is 50.1 cm³/mol. The van der Waals surface area contributed by atoms with Crippen molar-refractivity contribution in [3.05, 3.63) is 0 Å². The van der Waals surface area contributed by atoms with Crippen molar-refractivity contribution in [1.29, 1.82) is 0 Å². The van der Waals surface area contributed by atoms with E-state index in [1.54, 1.807) is 0 Å². The van der Waals surface area contributed by atoms with Crippen LogP contribution in [-0.2, 0) is 0 Å². The fourth-order valence-electron chi connectivity index (χ4n) is 1.81. The fraction of sp³-hybridized carbons (Fsp3) is 1.00. The average Bonchev–Trinajstić information content (AvgIpc) is 2.46. The first-order chi connectivity index (χ1) is 5.84. The van der Waals surface area contributed by atoms with Gasteiger partial charge in [-0.2, -0.15) is 0 Å². The lowest BCUT2D eigenvalue weighted by Gasteiger charge is -2.14. The number of hydrogen-bond donors (Lipinski definition) is 1. The standard InChI is InChI=1S/C10H20FN/c1-2-3-4-8-12-10-7-5-6-9(10)11/h9-10,12H,2-8H2,1H3/t9-,10-/m1/s1. The van der Waals surface area contributed by atoms with E-state index >= 15 is 0 Å². The highest BCUT2D eigenvalue weighted by Crippen LogP contribution is 2.21. The van der Waals surface area contributed by atoms with Gasteiger partial charge in [-0.15, -0.1) is 0 Å². The highest BCUT2D eigenvalue weighted by atomic mass is 19.1. The van der Waals surface area contributed by atoms with E-state index in [1.165, 1.54) is 19.3 Å². The maximum absolute atomic E-state index is 13.0. The first-order valence-electron chi connectivity index (χ1n) is 5.22. The molecule has 2 heteroatoms. The Labute approximate surface area is 74.7 Å². The van der Waals surface area contributed by atoms with Gasteiger partial charge >= 0.3 is 0 Å². The maximum atomic E-state index is 13.0. The van der Waals surface area contributed by atoms with Crippen LogP contribution < -0.4 is 5.32 Å². The van der Waals surface area contributed by atoms with E-state index in [0.29, 0.717) is 0 Å². The number of unbranched alkanes of at least 4 members (excludes halogenated alkanes) is 2. The molecule has 72 valence electrons. The van der Waals surface area contributed by atoms with E-state index in [-0.39, 0.29) is 6.04 Å². The van der Waals surface area contributed by atoms with Crippen LogP contribution in [0.1, 0.15) is 45.4 Å². The van der Waals surface area contributed by atoms with Crippen LogP contribution in [-0.4, -0.2) is 18.8 Å². The Morgan fingerprint density at radius 2 is 2.17 bits per heavy atom. The lowest BCUT2D eigenvalue weighted by atomic mass is 10.2. The summed E-state index contributed by atoms with van der Waals surface area (Å²) in [5, 5.41) is 3.29. The van der Waals surface area contributed by atoms with Gasteiger partial charge < -0.3 is 5.32 Å². The van der Waals surface area contributed by atoms with Gasteiger partial charge in [-0.05, 0) is 32.2 Å². The average molecular weight is 173 g/mol. The Morgan fingerprint density at radius 3 is 2.75 bits per heavy atom. The minimum Gasteiger partial charge on any atom is -0.311 e. The van der Waals surface area contributed by atoms with Crippen molar-refractivity contribution in [3.63, 3.8) is 0 Å². The zero-order valence-electron chi connectivity index (χ0n) is 7.98. The molecule has 0 saturated heterocycles. The van der Waals surface area contributed by atoms with Crippen LogP contribution in [0.5, 0.6) is 0 Å². The Kier molecular flexibility index (Phi) is 4.59. The Morgan fingerprint density at radius 1 is 1.33 bits per heavy atom. The summed E-state index contributed by atoms with van der Waals surface area (Å²) >= 11 is 0. The molecule has 1 aliphatic rings. The summed E-state index contributed by atoms with van der Waals surface area (Å²) < 4.78 is 13.0. The van der Waals surface area contributed by atoms with Gasteiger partial charge in [0.1, 0.15) is 6.17 Å². The molecule has 0 heterocycles. The molecule has 0 aromatic heterocycles. The van der Waals surface area contributed by atoms with Gasteiger partial charge in [0.25, 0.3) is 0 Å². The largest absolute Gasteiger partial charge is 0.311 e. The van der Waals surface area contributed by atoms with Gasteiger partial charge in [-0.3, -0.25) is 0 Å². The van der Waals surface area contributed by atoms with E-state index in [9.17, 15) is 4.39 Å². The van der Waals surface area contributed by atoms with Crippen molar-refractivity contribution in [2.45, 2.75) is 57.7 Å². The summed E-state index contributed by atoms with van der Waals surface area (Å²) in [6.45, 7) is 3.19. The quantitative estimate of drug-likeness (QED) is 0.630. The first kappa shape index (κ1) is 9.97. The van der Waals surface area contributed by atoms with Crippen LogP contribution in [0.4, 0.5) is 4.39 Å². The monoisotopic (exact) mass is 173 g/mol. The van der Waals surface area contributed by atoms with E-state index in [4.69, 9.17) is 0 Å². The summed E-state index contributed by atoms with van der Waals surface area (Å²) in [6.07, 6.45) is 5.99. The molecule has 0 aliphatic heterocycles. The normalized spacial score (nSPS) is 29.5. The minimum absolute atomic E-state index is 0.168. The zero-order valence-corrected chi connectivity index (χ0v) is 7.98. The molecule has 1 rings (SSSR count). The third kappa shape index (κ3) is 3.10. The molecular weight excluding hydrogens is 153 g/mol. The third-order valence-corrected chi connectivity index (χ3v) is 2.62. The molecule has 1 nitrogen and oxygen atoms in total. The molecule has 12 heavy (non-hydrogen) atoms. The molecule has 0 spiro atoms. The van der Waals surface area contributed by atoms with Gasteiger partial charge in [0.15, 0.2) is 0 Å². The van der Waals surface area contributed by atoms with Gasteiger partial charge in [0.2, 0.25) is 0 Å². The van der Waals surface area contributed by atoms with E-state index in [1.807, 2.05) is 0 Å². The highest BCUT2D eigenvalue weighted by molar-refractivity contribution is 4.82. The molecule has 1 fully saturated rings. The van der Waals surface area contributed by atoms with Gasteiger partial charge in [-0.1, -0.05) is 19.8 Å². The molecule has 2 atom stereocenters. The van der Waals surface area contributed by atoms with Crippen molar-refractivity contribution in [3.8, 4) is 0 Å². The van der Waals surface area contributed by atoms with Crippen LogP contribution >= 0.6 is 0 Å². The van der Waals surface area contributed by atoms with E-state index in [0.717, 1.165) is 25.8 Å². The lowest BCUT2D eigenvalue weighted by molar-refractivity contribution is 0.279. The molecule has 1 saturated carbocycles. The van der Waals surface area contributed by atoms with E-state index < -0.39 is 6.17 Å². The van der Waals surface area contributed by atoms with Crippen LogP contribution in [0, 0.1) is 0 Å². The second kappa shape index (κ2) is 5.52. The minimum atomic E-state index is -0.577. The maximum Gasteiger partial charge on any atom is 0.115 e. The lowest BCUT2D eigenvalue weighted by Crippen LogP contribution is -2.34. The molecule has 0 aromatic rings. The zero-order chi connectivity index (χ0) is 8.81. The summed E-state index contributed by atoms with van der Waals surface area (Å²) in [5.41, 5.74) is 0. The third-order valence-electron chi connectivity index (χ3n) is 2.62. The summed E-state index contributed by atoms with van der Waals surface area (Å²) in [4.78, 5) is 0. The highest BCUT2D eigenvalue weighted by Gasteiger charge is 2.25. The van der Waals surface area contributed by atoms with Crippen molar-refractivity contribution >= 4 is 0 Å². The molecule has 0 radical (unpaired) electrons. The summed E-state index contributed by atoms with van der Waals surface area (Å²) in [7, 11) is 0. The fourth-order valence-corrected chi connectivity index (χ4v) is 1.81. The Hall–Kier alpha value is -0.110. The topological polar surface area (TPSA) is 12.0 Å². The summed E-state index contributed by atoms with van der Waals surface area (Å²) in [6, 6.07) is 0.168. The smallest absolute Gasteiger partial charge is 0.115 e. The number of halogens is 1. The van der Waals surface area contributed by atoms with Crippen LogP contribution in [0.3, 0.4) is 0 Å². The number of rotatable bonds is 5. The van der Waals surface area contributed by atoms with Gasteiger partial charge in [-0.25, -0.2) is 4.39 Å². The second-order valence-corrected chi connectivity index (χ2v) is 3.71. The predicted octanol–water partition coefficient (Wildman–Crippen LogP) is 2.66. The molecule has 1 aliphatic carbocycles. The molecule has 0 amide bonds.